The second kappa shape index (κ2) is 21.5. The normalized spacial score (nSPS) is 15.1. The molecule has 4 aromatic rings. The third-order valence-corrected chi connectivity index (χ3v) is 10.2. The number of carbonyl (C=O) groups is 4. The van der Waals surface area contributed by atoms with E-state index in [4.69, 9.17) is 28.4 Å². The summed E-state index contributed by atoms with van der Waals surface area (Å²) in [6.45, 7) is 3.71. The van der Waals surface area contributed by atoms with Gasteiger partial charge in [0.1, 0.15) is 34.8 Å². The summed E-state index contributed by atoms with van der Waals surface area (Å²) in [6, 6.07) is 12.6. The molecule has 0 radical (unpaired) electrons. The molecule has 342 valence electrons. The highest BCUT2D eigenvalue weighted by molar-refractivity contribution is 6.04. The number of methoxy groups -OCH3 is 4. The van der Waals surface area contributed by atoms with Gasteiger partial charge in [0, 0.05) is 43.8 Å². The van der Waals surface area contributed by atoms with Crippen molar-refractivity contribution >= 4 is 46.3 Å². The second-order valence-electron chi connectivity index (χ2n) is 13.8. The molecule has 1 unspecified atom stereocenters. The number of ether oxygens (including phenoxy) is 6. The number of nitrogens with zero attached hydrogens (tertiary/aromatic N) is 4. The van der Waals surface area contributed by atoms with Crippen molar-refractivity contribution in [3.05, 3.63) is 139 Å². The van der Waals surface area contributed by atoms with Gasteiger partial charge < -0.3 is 28.4 Å². The van der Waals surface area contributed by atoms with Gasteiger partial charge in [-0.25, -0.2) is 18.4 Å². The van der Waals surface area contributed by atoms with Gasteiger partial charge >= 0.3 is 11.9 Å². The third kappa shape index (κ3) is 10.7. The van der Waals surface area contributed by atoms with Crippen LogP contribution in [0.3, 0.4) is 0 Å². The number of amides is 2. The Kier molecular flexibility index (Phi) is 15.9. The van der Waals surface area contributed by atoms with Crippen LogP contribution in [0.1, 0.15) is 65.0 Å². The predicted molar refractivity (Wildman–Crippen MR) is 228 cm³/mol. The van der Waals surface area contributed by atoms with E-state index in [1.807, 2.05) is 13.8 Å². The maximum Gasteiger partial charge on any atom is 0.329 e. The Hall–Kier alpha value is -7.90. The van der Waals surface area contributed by atoms with Crippen LogP contribution in [0.2, 0.25) is 0 Å². The molecule has 65 heavy (non-hydrogen) atoms. The first-order chi connectivity index (χ1) is 31.2. The van der Waals surface area contributed by atoms with Gasteiger partial charge in [-0.2, -0.15) is 0 Å². The lowest BCUT2D eigenvalue weighted by Crippen LogP contribution is -2.39. The Labute approximate surface area is 370 Å². The summed E-state index contributed by atoms with van der Waals surface area (Å²) in [7, 11) is 4.76. The first kappa shape index (κ1) is 48.1. The van der Waals surface area contributed by atoms with Crippen LogP contribution in [0.25, 0.3) is 11.1 Å². The molecule has 2 atom stereocenters. The Balaban J connectivity index is 0.00000391. The van der Waals surface area contributed by atoms with Crippen molar-refractivity contribution in [1.82, 2.24) is 9.80 Å². The first-order valence-corrected chi connectivity index (χ1v) is 19.9. The van der Waals surface area contributed by atoms with Crippen molar-refractivity contribution in [2.75, 3.05) is 41.7 Å². The summed E-state index contributed by atoms with van der Waals surface area (Å²) in [5.74, 6) is -4.74. The van der Waals surface area contributed by atoms with Gasteiger partial charge in [-0.3, -0.25) is 39.6 Å². The van der Waals surface area contributed by atoms with Gasteiger partial charge in [-0.05, 0) is 46.5 Å². The van der Waals surface area contributed by atoms with Gasteiger partial charge in [0.25, 0.3) is 23.2 Å². The zero-order valence-electron chi connectivity index (χ0n) is 36.0. The number of rotatable bonds is 16. The quantitative estimate of drug-likeness (QED) is 0.0460. The molecule has 0 N–H and O–H groups in total. The molecular formula is C45H44F2N4O14. The number of hydrogen-bond acceptors (Lipinski definition) is 14. The Bertz CT molecular complexity index is 2360. The van der Waals surface area contributed by atoms with E-state index in [0.717, 1.165) is 48.3 Å². The fourth-order valence-corrected chi connectivity index (χ4v) is 7.00. The van der Waals surface area contributed by atoms with E-state index in [1.54, 1.807) is 0 Å². The van der Waals surface area contributed by atoms with Crippen molar-refractivity contribution in [3.8, 4) is 23.0 Å². The monoisotopic (exact) mass is 902 g/mol. The molecule has 0 aliphatic carbocycles. The number of benzene rings is 4. The van der Waals surface area contributed by atoms with Crippen LogP contribution in [0.5, 0.6) is 23.0 Å². The van der Waals surface area contributed by atoms with Crippen molar-refractivity contribution in [2.45, 2.75) is 45.2 Å². The van der Waals surface area contributed by atoms with Crippen molar-refractivity contribution in [1.29, 1.82) is 0 Å². The minimum Gasteiger partial charge on any atom is -0.493 e. The summed E-state index contributed by atoms with van der Waals surface area (Å²) in [5.41, 5.74) is -0.175. The number of esters is 2. The lowest BCUT2D eigenvalue weighted by molar-refractivity contribution is -0.385. The summed E-state index contributed by atoms with van der Waals surface area (Å²) < 4.78 is 59.4. The molecule has 0 saturated carbocycles. The lowest BCUT2D eigenvalue weighted by atomic mass is 10.0. The summed E-state index contributed by atoms with van der Waals surface area (Å²) in [4.78, 5) is 78.3. The molecule has 0 fully saturated rings. The van der Waals surface area contributed by atoms with E-state index in [-0.39, 0.29) is 55.5 Å². The molecule has 18 nitrogen and oxygen atoms in total. The summed E-state index contributed by atoms with van der Waals surface area (Å²) in [5, 5.41) is 24.6. The van der Waals surface area contributed by atoms with E-state index in [9.17, 15) is 48.2 Å². The molecular weight excluding hydrogens is 859 g/mol. The van der Waals surface area contributed by atoms with Gasteiger partial charge in [-0.15, -0.1) is 0 Å². The minimum atomic E-state index is -1.18. The SMILES string of the molecule is CC.COC(=O)C1CC(c2ccc(F)cc2)=CN1C(=O)c1cc(OC)c(OCCCOc2cc([N+](=O)[O-])c(C(=O)N3C=C(c4ccc(F)cc4)C[C@H]3C(=O)OC)cc2OC)cc1[N+](=O)[O-]. The summed E-state index contributed by atoms with van der Waals surface area (Å²) in [6.07, 6.45) is 2.78. The molecule has 0 aromatic heterocycles. The van der Waals surface area contributed by atoms with Gasteiger partial charge in [0.15, 0.2) is 23.0 Å². The van der Waals surface area contributed by atoms with Gasteiger partial charge in [-0.1, -0.05) is 38.1 Å². The fourth-order valence-electron chi connectivity index (χ4n) is 7.00. The number of carbonyl (C=O) groups excluding carboxylic acids is 4. The number of hydrogen-bond donors (Lipinski definition) is 0. The number of nitro benzene ring substituents is 2. The first-order valence-electron chi connectivity index (χ1n) is 19.9. The molecule has 2 heterocycles. The number of nitro groups is 2. The average molecular weight is 903 g/mol. The van der Waals surface area contributed by atoms with Gasteiger partial charge in [0.05, 0.1) is 63.6 Å². The molecule has 2 aliphatic heterocycles. The van der Waals surface area contributed by atoms with Crippen LogP contribution in [0.4, 0.5) is 20.2 Å². The van der Waals surface area contributed by atoms with Crippen molar-refractivity contribution in [2.24, 2.45) is 0 Å². The smallest absolute Gasteiger partial charge is 0.329 e. The number of halogens is 2. The Morgan fingerprint density at radius 3 is 1.26 bits per heavy atom. The molecule has 4 aromatic carbocycles. The van der Waals surface area contributed by atoms with Crippen LogP contribution in [-0.2, 0) is 19.1 Å². The zero-order valence-corrected chi connectivity index (χ0v) is 36.0. The highest BCUT2D eigenvalue weighted by Gasteiger charge is 2.41. The van der Waals surface area contributed by atoms with Crippen molar-refractivity contribution in [3.63, 3.8) is 0 Å². The average Bonchev–Trinajstić information content (AvgIpc) is 3.97. The highest BCUT2D eigenvalue weighted by Crippen LogP contribution is 2.40. The Morgan fingerprint density at radius 2 is 0.954 bits per heavy atom. The minimum absolute atomic E-state index is 0.00576. The predicted octanol–water partition coefficient (Wildman–Crippen LogP) is 7.53. The van der Waals surface area contributed by atoms with Gasteiger partial charge in [0.2, 0.25) is 0 Å². The van der Waals surface area contributed by atoms with Crippen molar-refractivity contribution < 1.29 is 66.2 Å². The van der Waals surface area contributed by atoms with E-state index >= 15 is 0 Å². The Morgan fingerprint density at radius 1 is 0.600 bits per heavy atom. The zero-order chi connectivity index (χ0) is 47.5. The van der Waals surface area contributed by atoms with E-state index in [1.165, 1.54) is 75.2 Å². The van der Waals surface area contributed by atoms with E-state index in [2.05, 4.69) is 0 Å². The van der Waals surface area contributed by atoms with Crippen LogP contribution < -0.4 is 18.9 Å². The second-order valence-corrected chi connectivity index (χ2v) is 13.8. The largest absolute Gasteiger partial charge is 0.493 e. The molecule has 0 saturated heterocycles. The molecule has 2 amide bonds. The molecule has 20 heteroatoms. The molecule has 2 aliphatic rings. The highest BCUT2D eigenvalue weighted by atomic mass is 19.1. The summed E-state index contributed by atoms with van der Waals surface area (Å²) >= 11 is 0. The fraction of sp³-hybridized carbons (Fsp3) is 0.289. The van der Waals surface area contributed by atoms with Crippen LogP contribution in [0.15, 0.2) is 85.2 Å². The third-order valence-electron chi connectivity index (χ3n) is 10.2. The topological polar surface area (TPSA) is 216 Å². The molecule has 6 rings (SSSR count). The standard InChI is InChI=1S/C43H38F2N4O14.C2H6/c1-58-36-18-30(40(50)46-22-26(16-34(46)42(52)60-3)24-6-10-28(44)11-7-24)32(48(54)55)20-38(36)62-14-5-15-63-39-21-33(49(56)57)31(19-37(39)59-2)41(51)47-23-27(17-35(47)43(53)61-4)25-8-12-29(45)13-9-25;1-2/h6-13,18-23,34-35H,5,14-17H2,1-4H3;1-2H3/t34-,35?;/m0./s1. The van der Waals surface area contributed by atoms with E-state index < -0.39 is 79.8 Å². The van der Waals surface area contributed by atoms with Crippen LogP contribution in [-0.4, -0.2) is 97.1 Å². The van der Waals surface area contributed by atoms with Crippen LogP contribution >= 0.6 is 0 Å². The van der Waals surface area contributed by atoms with Crippen LogP contribution in [0, 0.1) is 31.9 Å². The maximum absolute atomic E-state index is 13.9. The van der Waals surface area contributed by atoms with E-state index in [0.29, 0.717) is 22.3 Å². The molecule has 0 spiro atoms. The molecule has 0 bridgehead atoms. The maximum atomic E-state index is 13.9. The lowest BCUT2D eigenvalue weighted by Gasteiger charge is -2.22.